The van der Waals surface area contributed by atoms with Gasteiger partial charge in [-0.2, -0.15) is 10.4 Å². The number of thiazole rings is 1. The van der Waals surface area contributed by atoms with E-state index < -0.39 is 39.2 Å². The molecule has 0 radical (unpaired) electrons. The van der Waals surface area contributed by atoms with Crippen molar-refractivity contribution in [2.75, 3.05) is 5.32 Å². The second kappa shape index (κ2) is 11.2. The highest BCUT2D eigenvalue weighted by Crippen LogP contribution is 2.29. The highest BCUT2D eigenvalue weighted by molar-refractivity contribution is 7.10. The van der Waals surface area contributed by atoms with Crippen molar-refractivity contribution >= 4 is 51.8 Å². The predicted octanol–water partition coefficient (Wildman–Crippen LogP) is 1.83. The molecule has 1 aromatic heterocycles. The van der Waals surface area contributed by atoms with Crippen molar-refractivity contribution < 1.29 is 24.2 Å². The molecule has 0 saturated heterocycles. The second-order valence-corrected chi connectivity index (χ2v) is 7.89. The van der Waals surface area contributed by atoms with Crippen molar-refractivity contribution in [3.8, 4) is 17.3 Å². The maximum absolute atomic E-state index is 13.0. The van der Waals surface area contributed by atoms with Gasteiger partial charge in [0.15, 0.2) is 0 Å². The quantitative estimate of drug-likeness (QED) is 0.169. The van der Waals surface area contributed by atoms with Crippen LogP contribution in [0.25, 0.3) is 11.3 Å². The van der Waals surface area contributed by atoms with Crippen LogP contribution < -0.4 is 16.5 Å². The van der Waals surface area contributed by atoms with Gasteiger partial charge in [-0.05, 0) is 24.3 Å². The fraction of sp³-hybridized carbons (Fsp3) is 0.0476. The number of carbonyl (C=O) groups excluding carboxylic acids is 3. The third-order valence-corrected chi connectivity index (χ3v) is 5.53. The van der Waals surface area contributed by atoms with Gasteiger partial charge in [0, 0.05) is 40.9 Å². The van der Waals surface area contributed by atoms with Crippen LogP contribution in [-0.2, 0) is 14.4 Å². The molecule has 2 aromatic carbocycles. The molecular weight excluding hydrogens is 508 g/mol. The Labute approximate surface area is 210 Å². The fourth-order valence-electron chi connectivity index (χ4n) is 2.81. The number of hydrazone groups is 1. The van der Waals surface area contributed by atoms with E-state index in [9.17, 15) is 39.9 Å². The van der Waals surface area contributed by atoms with Gasteiger partial charge < -0.3 is 11.1 Å². The van der Waals surface area contributed by atoms with Gasteiger partial charge in [0.25, 0.3) is 17.3 Å². The van der Waals surface area contributed by atoms with Crippen LogP contribution in [0.15, 0.2) is 59.0 Å². The molecule has 3 aromatic rings. The normalized spacial score (nSPS) is 11.6. The Kier molecular flexibility index (Phi) is 7.92. The number of anilines is 1. The zero-order valence-corrected chi connectivity index (χ0v) is 19.2. The molecule has 3 amide bonds. The van der Waals surface area contributed by atoms with Gasteiger partial charge in [-0.3, -0.25) is 34.6 Å². The molecule has 16 heteroatoms. The molecule has 0 fully saturated rings. The van der Waals surface area contributed by atoms with Gasteiger partial charge >= 0.3 is 11.8 Å². The monoisotopic (exact) mass is 522 g/mol. The van der Waals surface area contributed by atoms with Crippen molar-refractivity contribution in [1.29, 1.82) is 5.26 Å². The number of hydrogen-bond acceptors (Lipinski definition) is 11. The largest absolute Gasteiger partial charge is 0.361 e. The average Bonchev–Trinajstić information content (AvgIpc) is 3.36. The van der Waals surface area contributed by atoms with E-state index in [-0.39, 0.29) is 22.1 Å². The molecule has 0 aliphatic heterocycles. The SMILES string of the molecule is N#C[C@H](/C(=N/NC(=O)C(N)=O)C(=O)Nc1ccc([N+](=O)[O-])cc1)c1nc(-c2ccc([N+](=O)[O-])cc2)cs1. The number of nitro groups is 2. The van der Waals surface area contributed by atoms with Crippen LogP contribution >= 0.6 is 11.3 Å². The number of carbonyl (C=O) groups is 3. The third kappa shape index (κ3) is 6.32. The molecule has 3 rings (SSSR count). The van der Waals surface area contributed by atoms with E-state index >= 15 is 0 Å². The smallest absolute Gasteiger partial charge is 0.329 e. The molecule has 0 spiro atoms. The summed E-state index contributed by atoms with van der Waals surface area (Å²) in [6.07, 6.45) is 0. The van der Waals surface area contributed by atoms with Gasteiger partial charge in [-0.1, -0.05) is 0 Å². The highest BCUT2D eigenvalue weighted by atomic mass is 32.1. The van der Waals surface area contributed by atoms with Crippen LogP contribution in [0.4, 0.5) is 17.1 Å². The molecule has 0 aliphatic carbocycles. The maximum atomic E-state index is 13.0. The zero-order chi connectivity index (χ0) is 27.1. The summed E-state index contributed by atoms with van der Waals surface area (Å²) in [6, 6.07) is 12.1. The van der Waals surface area contributed by atoms with E-state index in [4.69, 9.17) is 5.73 Å². The van der Waals surface area contributed by atoms with Gasteiger partial charge in [-0.15, -0.1) is 11.3 Å². The van der Waals surface area contributed by atoms with Crippen LogP contribution in [0.2, 0.25) is 0 Å². The molecule has 37 heavy (non-hydrogen) atoms. The first-order chi connectivity index (χ1) is 17.6. The van der Waals surface area contributed by atoms with Gasteiger partial charge in [0.1, 0.15) is 16.6 Å². The average molecular weight is 522 g/mol. The molecule has 0 saturated carbocycles. The number of non-ortho nitro benzene ring substituents is 2. The minimum Gasteiger partial charge on any atom is -0.361 e. The summed E-state index contributed by atoms with van der Waals surface area (Å²) in [6.45, 7) is 0. The number of rotatable bonds is 8. The van der Waals surface area contributed by atoms with Crippen LogP contribution in [0.5, 0.6) is 0 Å². The maximum Gasteiger partial charge on any atom is 0.329 e. The summed E-state index contributed by atoms with van der Waals surface area (Å²) >= 11 is 0.978. The summed E-state index contributed by atoms with van der Waals surface area (Å²) in [5.41, 5.74) is 6.75. The Balaban J connectivity index is 1.93. The van der Waals surface area contributed by atoms with E-state index in [0.717, 1.165) is 23.5 Å². The summed E-state index contributed by atoms with van der Waals surface area (Å²) in [7, 11) is 0. The number of nitrogens with zero attached hydrogens (tertiary/aromatic N) is 5. The molecular formula is C21H14N8O7S. The number of nitro benzene ring substituents is 2. The number of benzene rings is 2. The van der Waals surface area contributed by atoms with Crippen molar-refractivity contribution in [3.63, 3.8) is 0 Å². The summed E-state index contributed by atoms with van der Waals surface area (Å²) in [5, 5.41) is 39.2. The van der Waals surface area contributed by atoms with Gasteiger partial charge in [0.2, 0.25) is 0 Å². The third-order valence-electron chi connectivity index (χ3n) is 4.62. The first kappa shape index (κ1) is 26.1. The lowest BCUT2D eigenvalue weighted by molar-refractivity contribution is -0.385. The molecule has 0 bridgehead atoms. The van der Waals surface area contributed by atoms with E-state index in [1.54, 1.807) is 10.8 Å². The molecule has 0 aliphatic rings. The zero-order valence-electron chi connectivity index (χ0n) is 18.4. The highest BCUT2D eigenvalue weighted by Gasteiger charge is 2.29. The number of aromatic nitrogens is 1. The fourth-order valence-corrected chi connectivity index (χ4v) is 3.69. The van der Waals surface area contributed by atoms with Crippen molar-refractivity contribution in [2.24, 2.45) is 10.8 Å². The molecule has 4 N–H and O–H groups in total. The number of nitrogens with one attached hydrogen (secondary N) is 2. The van der Waals surface area contributed by atoms with E-state index in [1.165, 1.54) is 36.4 Å². The first-order valence-corrected chi connectivity index (χ1v) is 10.8. The van der Waals surface area contributed by atoms with Crippen molar-refractivity contribution in [3.05, 3.63) is 79.1 Å². The minimum atomic E-state index is -1.43. The van der Waals surface area contributed by atoms with E-state index in [2.05, 4.69) is 15.4 Å². The first-order valence-electron chi connectivity index (χ1n) is 9.93. The molecule has 15 nitrogen and oxygen atoms in total. The second-order valence-electron chi connectivity index (χ2n) is 7.00. The lowest BCUT2D eigenvalue weighted by Gasteiger charge is -2.11. The number of hydrogen-bond donors (Lipinski definition) is 3. The summed E-state index contributed by atoms with van der Waals surface area (Å²) < 4.78 is 0. The Morgan fingerprint density at radius 3 is 2.08 bits per heavy atom. The number of nitriles is 1. The van der Waals surface area contributed by atoms with Gasteiger partial charge in [-0.25, -0.2) is 10.4 Å². The van der Waals surface area contributed by atoms with E-state index in [1.807, 2.05) is 6.07 Å². The van der Waals surface area contributed by atoms with Crippen LogP contribution in [-0.4, -0.2) is 38.3 Å². The molecule has 1 heterocycles. The van der Waals surface area contributed by atoms with E-state index in [0.29, 0.717) is 11.3 Å². The summed E-state index contributed by atoms with van der Waals surface area (Å²) in [5.74, 6) is -5.13. The Morgan fingerprint density at radius 2 is 1.57 bits per heavy atom. The molecule has 0 unspecified atom stereocenters. The summed E-state index contributed by atoms with van der Waals surface area (Å²) in [4.78, 5) is 60.5. The lowest BCUT2D eigenvalue weighted by Crippen LogP contribution is -2.36. The Bertz CT molecular complexity index is 1460. The lowest BCUT2D eigenvalue weighted by atomic mass is 10.0. The number of amides is 3. The van der Waals surface area contributed by atoms with Crippen LogP contribution in [0, 0.1) is 31.6 Å². The van der Waals surface area contributed by atoms with Crippen LogP contribution in [0.3, 0.4) is 0 Å². The topological polar surface area (TPSA) is 237 Å². The standard InChI is InChI=1S/C21H14N8O7S/c22-9-15(21-25-16(10-37-21)11-1-5-13(6-2-11)28(33)34)17(26-27-20(32)18(23)30)19(31)24-12-3-7-14(8-4-12)29(35)36/h1-8,10,15H,(H2,23,30)(H,24,31)(H,27,32)/b26-17-/t15-/m1/s1. The van der Waals surface area contributed by atoms with Crippen molar-refractivity contribution in [1.82, 2.24) is 10.4 Å². The number of nitrogens with two attached hydrogens (primary N) is 1. The van der Waals surface area contributed by atoms with Gasteiger partial charge in [0.05, 0.1) is 21.6 Å². The number of primary amides is 1. The Morgan fingerprint density at radius 1 is 1.00 bits per heavy atom. The minimum absolute atomic E-state index is 0.0850. The predicted molar refractivity (Wildman–Crippen MR) is 129 cm³/mol. The van der Waals surface area contributed by atoms with Crippen LogP contribution in [0.1, 0.15) is 10.9 Å². The molecule has 186 valence electrons. The molecule has 1 atom stereocenters. The Hall–Kier alpha value is -5.56. The van der Waals surface area contributed by atoms with Crippen molar-refractivity contribution in [2.45, 2.75) is 5.92 Å².